The Bertz CT molecular complexity index is 355. The lowest BCUT2D eigenvalue weighted by Crippen LogP contribution is -2.37. The average molecular weight is 313 g/mol. The van der Waals surface area contributed by atoms with Crippen molar-refractivity contribution < 1.29 is 4.74 Å². The smallest absolute Gasteiger partial charge is 0.119 e. The molecule has 1 saturated heterocycles. The molecule has 2 rings (SSSR count). The van der Waals surface area contributed by atoms with Crippen LogP contribution in [0.1, 0.15) is 13.3 Å². The molecule has 1 aromatic rings. The Morgan fingerprint density at radius 2 is 2.11 bits per heavy atom. The van der Waals surface area contributed by atoms with Gasteiger partial charge in [-0.2, -0.15) is 0 Å². The monoisotopic (exact) mass is 312 g/mol. The van der Waals surface area contributed by atoms with Gasteiger partial charge in [-0.25, -0.2) is 0 Å². The highest BCUT2D eigenvalue weighted by Crippen LogP contribution is 2.16. The number of halogens is 1. The highest BCUT2D eigenvalue weighted by Gasteiger charge is 2.15. The lowest BCUT2D eigenvalue weighted by atomic mass is 10.2. The maximum atomic E-state index is 5.77. The predicted molar refractivity (Wildman–Crippen MR) is 78.2 cm³/mol. The second-order valence-electron chi connectivity index (χ2n) is 4.73. The molecule has 18 heavy (non-hydrogen) atoms. The summed E-state index contributed by atoms with van der Waals surface area (Å²) in [4.78, 5) is 2.50. The molecule has 1 N–H and O–H groups in total. The molecular formula is C14H21BrN2O. The summed E-state index contributed by atoms with van der Waals surface area (Å²) in [5, 5.41) is 3.43. The molecule has 0 bridgehead atoms. The van der Waals surface area contributed by atoms with Crippen molar-refractivity contribution in [1.29, 1.82) is 0 Å². The van der Waals surface area contributed by atoms with Gasteiger partial charge in [-0.05, 0) is 44.2 Å². The molecule has 0 aromatic heterocycles. The maximum absolute atomic E-state index is 5.77. The van der Waals surface area contributed by atoms with Crippen molar-refractivity contribution in [1.82, 2.24) is 10.2 Å². The summed E-state index contributed by atoms with van der Waals surface area (Å²) in [6, 6.07) is 8.66. The SMILES string of the molecule is CC1CCNCCN1CCOc1ccc(Br)cc1. The zero-order chi connectivity index (χ0) is 12.8. The lowest BCUT2D eigenvalue weighted by molar-refractivity contribution is 0.175. The van der Waals surface area contributed by atoms with Crippen LogP contribution in [0.2, 0.25) is 0 Å². The molecule has 1 fully saturated rings. The van der Waals surface area contributed by atoms with E-state index in [2.05, 4.69) is 33.1 Å². The van der Waals surface area contributed by atoms with Crippen LogP contribution in [0.4, 0.5) is 0 Å². The van der Waals surface area contributed by atoms with E-state index in [0.717, 1.165) is 43.0 Å². The minimum atomic E-state index is 0.647. The Morgan fingerprint density at radius 3 is 2.89 bits per heavy atom. The summed E-state index contributed by atoms with van der Waals surface area (Å²) in [6.07, 6.45) is 1.22. The fourth-order valence-corrected chi connectivity index (χ4v) is 2.47. The molecule has 1 unspecified atom stereocenters. The standard InChI is InChI=1S/C14H21BrN2O/c1-12-6-7-16-8-9-17(12)10-11-18-14-4-2-13(15)3-5-14/h2-5,12,16H,6-11H2,1H3. The molecule has 1 atom stereocenters. The number of benzene rings is 1. The summed E-state index contributed by atoms with van der Waals surface area (Å²) >= 11 is 3.42. The zero-order valence-electron chi connectivity index (χ0n) is 10.9. The molecule has 1 aliphatic heterocycles. The van der Waals surface area contributed by atoms with Gasteiger partial charge < -0.3 is 10.1 Å². The molecular weight excluding hydrogens is 292 g/mol. The highest BCUT2D eigenvalue weighted by atomic mass is 79.9. The van der Waals surface area contributed by atoms with E-state index in [1.165, 1.54) is 6.42 Å². The van der Waals surface area contributed by atoms with Crippen molar-refractivity contribution in [2.45, 2.75) is 19.4 Å². The summed E-state index contributed by atoms with van der Waals surface area (Å²) < 4.78 is 6.86. The van der Waals surface area contributed by atoms with Crippen LogP contribution in [0.15, 0.2) is 28.7 Å². The summed E-state index contributed by atoms with van der Waals surface area (Å²) in [5.74, 6) is 0.943. The van der Waals surface area contributed by atoms with E-state index in [4.69, 9.17) is 4.74 Å². The van der Waals surface area contributed by atoms with Crippen LogP contribution in [0, 0.1) is 0 Å². The van der Waals surface area contributed by atoms with E-state index < -0.39 is 0 Å². The van der Waals surface area contributed by atoms with Gasteiger partial charge in [-0.1, -0.05) is 15.9 Å². The molecule has 0 spiro atoms. The molecule has 0 aliphatic carbocycles. The van der Waals surface area contributed by atoms with E-state index >= 15 is 0 Å². The quantitative estimate of drug-likeness (QED) is 0.924. The Hall–Kier alpha value is -0.580. The third-order valence-corrected chi connectivity index (χ3v) is 3.93. The second kappa shape index (κ2) is 7.12. The van der Waals surface area contributed by atoms with Crippen LogP contribution < -0.4 is 10.1 Å². The summed E-state index contributed by atoms with van der Waals surface area (Å²) in [7, 11) is 0. The number of hydrogen-bond acceptors (Lipinski definition) is 3. The molecule has 0 saturated carbocycles. The van der Waals surface area contributed by atoms with E-state index in [1.807, 2.05) is 24.3 Å². The van der Waals surface area contributed by atoms with Crippen LogP contribution in [0.25, 0.3) is 0 Å². The highest BCUT2D eigenvalue weighted by molar-refractivity contribution is 9.10. The van der Waals surface area contributed by atoms with Gasteiger partial charge in [-0.3, -0.25) is 4.90 Å². The predicted octanol–water partition coefficient (Wildman–Crippen LogP) is 2.51. The average Bonchev–Trinajstić information content (AvgIpc) is 2.57. The first kappa shape index (κ1) is 13.8. The molecule has 0 amide bonds. The van der Waals surface area contributed by atoms with Crippen LogP contribution in [-0.2, 0) is 0 Å². The van der Waals surface area contributed by atoms with Crippen LogP contribution in [-0.4, -0.2) is 43.7 Å². The van der Waals surface area contributed by atoms with Crippen LogP contribution >= 0.6 is 15.9 Å². The van der Waals surface area contributed by atoms with E-state index in [9.17, 15) is 0 Å². The second-order valence-corrected chi connectivity index (χ2v) is 5.64. The number of nitrogens with one attached hydrogen (secondary N) is 1. The van der Waals surface area contributed by atoms with Crippen molar-refractivity contribution in [3.8, 4) is 5.75 Å². The molecule has 4 heteroatoms. The van der Waals surface area contributed by atoms with E-state index in [0.29, 0.717) is 6.04 Å². The largest absolute Gasteiger partial charge is 0.492 e. The van der Waals surface area contributed by atoms with Gasteiger partial charge in [0.1, 0.15) is 12.4 Å². The normalized spacial score (nSPS) is 21.6. The van der Waals surface area contributed by atoms with Crippen molar-refractivity contribution in [2.75, 3.05) is 32.8 Å². The van der Waals surface area contributed by atoms with Crippen molar-refractivity contribution in [3.05, 3.63) is 28.7 Å². The van der Waals surface area contributed by atoms with E-state index in [-0.39, 0.29) is 0 Å². The van der Waals surface area contributed by atoms with Gasteiger partial charge in [0.15, 0.2) is 0 Å². The number of rotatable bonds is 4. The molecule has 100 valence electrons. The Morgan fingerprint density at radius 1 is 1.33 bits per heavy atom. The summed E-state index contributed by atoms with van der Waals surface area (Å²) in [5.41, 5.74) is 0. The summed E-state index contributed by atoms with van der Waals surface area (Å²) in [6.45, 7) is 7.39. The van der Waals surface area contributed by atoms with Gasteiger partial charge in [0.05, 0.1) is 0 Å². The van der Waals surface area contributed by atoms with Gasteiger partial charge in [0, 0.05) is 30.1 Å². The van der Waals surface area contributed by atoms with Crippen LogP contribution in [0.3, 0.4) is 0 Å². The van der Waals surface area contributed by atoms with Crippen molar-refractivity contribution >= 4 is 15.9 Å². The van der Waals surface area contributed by atoms with Gasteiger partial charge >= 0.3 is 0 Å². The minimum absolute atomic E-state index is 0.647. The van der Waals surface area contributed by atoms with Crippen LogP contribution in [0.5, 0.6) is 5.75 Å². The molecule has 3 nitrogen and oxygen atoms in total. The lowest BCUT2D eigenvalue weighted by Gasteiger charge is -2.26. The Kier molecular flexibility index (Phi) is 5.47. The van der Waals surface area contributed by atoms with Crippen molar-refractivity contribution in [2.24, 2.45) is 0 Å². The molecule has 1 aromatic carbocycles. The maximum Gasteiger partial charge on any atom is 0.119 e. The van der Waals surface area contributed by atoms with Gasteiger partial charge in [-0.15, -0.1) is 0 Å². The first-order chi connectivity index (χ1) is 8.75. The van der Waals surface area contributed by atoms with Gasteiger partial charge in [0.25, 0.3) is 0 Å². The van der Waals surface area contributed by atoms with E-state index in [1.54, 1.807) is 0 Å². The molecule has 0 radical (unpaired) electrons. The molecule has 1 heterocycles. The first-order valence-electron chi connectivity index (χ1n) is 6.59. The Labute approximate surface area is 118 Å². The minimum Gasteiger partial charge on any atom is -0.492 e. The van der Waals surface area contributed by atoms with Gasteiger partial charge in [0.2, 0.25) is 0 Å². The fraction of sp³-hybridized carbons (Fsp3) is 0.571. The third-order valence-electron chi connectivity index (χ3n) is 3.40. The first-order valence-corrected chi connectivity index (χ1v) is 7.38. The van der Waals surface area contributed by atoms with Crippen molar-refractivity contribution in [3.63, 3.8) is 0 Å². The topological polar surface area (TPSA) is 24.5 Å². The fourth-order valence-electron chi connectivity index (χ4n) is 2.21. The number of hydrogen-bond donors (Lipinski definition) is 1. The number of nitrogens with zero attached hydrogens (tertiary/aromatic N) is 1. The Balaban J connectivity index is 1.75. The third kappa shape index (κ3) is 4.26. The number of ether oxygens (including phenoxy) is 1. The molecule has 1 aliphatic rings. The zero-order valence-corrected chi connectivity index (χ0v) is 12.4.